The Bertz CT molecular complexity index is 1220. The summed E-state index contributed by atoms with van der Waals surface area (Å²) < 4.78 is 32.7. The quantitative estimate of drug-likeness (QED) is 0.0265. The SMILES string of the molecule is CC/C=C\C/C=C\C/C=C\C/C=C\C/C=C\CC(=O)OC(COC(=O)CCCCCCCCCCCCCCCCCCCCCCCCCCCCC)COP(=O)(O)OCCN. The Kier molecular flexibility index (Phi) is 47.4. The highest BCUT2D eigenvalue weighted by Gasteiger charge is 2.25. The summed E-state index contributed by atoms with van der Waals surface area (Å²) in [4.78, 5) is 34.9. The Morgan fingerprint density at radius 2 is 0.857 bits per heavy atom. The number of hydrogen-bond donors (Lipinski definition) is 2. The molecular weight excluding hydrogens is 810 g/mol. The van der Waals surface area contributed by atoms with Crippen LogP contribution in [-0.2, 0) is 32.7 Å². The van der Waals surface area contributed by atoms with E-state index in [9.17, 15) is 19.0 Å². The van der Waals surface area contributed by atoms with Crippen molar-refractivity contribution in [2.24, 2.45) is 5.73 Å². The monoisotopic (exact) mass is 906 g/mol. The van der Waals surface area contributed by atoms with E-state index in [1.54, 1.807) is 6.08 Å². The molecule has 0 saturated heterocycles. The second kappa shape index (κ2) is 49.2. The summed E-state index contributed by atoms with van der Waals surface area (Å²) in [6, 6.07) is 0. The minimum absolute atomic E-state index is 0.00195. The van der Waals surface area contributed by atoms with E-state index in [0.717, 1.165) is 44.9 Å². The Balaban J connectivity index is 4.00. The first-order valence-electron chi connectivity index (χ1n) is 25.8. The maximum Gasteiger partial charge on any atom is 0.472 e. The van der Waals surface area contributed by atoms with Crippen molar-refractivity contribution in [3.63, 3.8) is 0 Å². The van der Waals surface area contributed by atoms with Gasteiger partial charge >= 0.3 is 19.8 Å². The van der Waals surface area contributed by atoms with E-state index in [1.165, 1.54) is 154 Å². The number of carbonyl (C=O) groups is 2. The summed E-state index contributed by atoms with van der Waals surface area (Å²) in [6.07, 6.45) is 60.3. The van der Waals surface area contributed by atoms with Crippen molar-refractivity contribution in [2.45, 2.75) is 238 Å². The molecule has 0 aromatic carbocycles. The van der Waals surface area contributed by atoms with Gasteiger partial charge in [0.05, 0.1) is 19.6 Å². The molecule has 0 fully saturated rings. The number of rotatable bonds is 48. The van der Waals surface area contributed by atoms with Crippen molar-refractivity contribution < 1.29 is 37.6 Å². The van der Waals surface area contributed by atoms with Gasteiger partial charge in [-0.05, 0) is 38.5 Å². The highest BCUT2D eigenvalue weighted by atomic mass is 31.2. The summed E-state index contributed by atoms with van der Waals surface area (Å²) in [5.41, 5.74) is 5.35. The molecule has 0 bridgehead atoms. The smallest absolute Gasteiger partial charge is 0.462 e. The van der Waals surface area contributed by atoms with Crippen LogP contribution in [0.4, 0.5) is 0 Å². The summed E-state index contributed by atoms with van der Waals surface area (Å²) in [5.74, 6) is -0.970. The molecule has 0 rings (SSSR count). The van der Waals surface area contributed by atoms with Crippen LogP contribution in [-0.4, -0.2) is 49.3 Å². The second-order valence-electron chi connectivity index (χ2n) is 17.0. The van der Waals surface area contributed by atoms with Crippen LogP contribution in [0.2, 0.25) is 0 Å². The van der Waals surface area contributed by atoms with Crippen LogP contribution in [0.15, 0.2) is 60.8 Å². The van der Waals surface area contributed by atoms with Gasteiger partial charge in [0.2, 0.25) is 0 Å². The predicted molar refractivity (Wildman–Crippen MR) is 266 cm³/mol. The van der Waals surface area contributed by atoms with E-state index in [1.807, 2.05) is 12.2 Å². The normalized spacial score (nSPS) is 13.7. The zero-order valence-corrected chi connectivity index (χ0v) is 41.4. The van der Waals surface area contributed by atoms with E-state index >= 15 is 0 Å². The van der Waals surface area contributed by atoms with Gasteiger partial charge < -0.3 is 20.1 Å². The molecule has 0 spiro atoms. The highest BCUT2D eigenvalue weighted by molar-refractivity contribution is 7.47. The standard InChI is InChI=1S/C53H96NO8P/c1-3-5-7-9-11-13-15-17-19-20-21-22-23-24-25-26-27-28-29-30-32-33-35-37-39-41-43-45-52(55)59-49-51(50-61-63(57,58)60-48-47-54)62-53(56)46-44-42-40-38-36-34-31-18-16-14-12-10-8-6-4-2/h6,8,12,14,18,31,36,38,42,44,51H,3-5,7,9-11,13,15-17,19-30,32-35,37,39-41,43,45-50,54H2,1-2H3,(H,57,58)/b8-6-,14-12-,31-18-,38-36-,44-42-. The average molecular weight is 906 g/mol. The van der Waals surface area contributed by atoms with Gasteiger partial charge in [0.25, 0.3) is 0 Å². The summed E-state index contributed by atoms with van der Waals surface area (Å²) in [6.45, 7) is 3.53. The molecule has 0 heterocycles. The van der Waals surface area contributed by atoms with Crippen molar-refractivity contribution >= 4 is 19.8 Å². The lowest BCUT2D eigenvalue weighted by Crippen LogP contribution is -2.29. The lowest BCUT2D eigenvalue weighted by Gasteiger charge is -2.19. The van der Waals surface area contributed by atoms with Crippen LogP contribution in [0.1, 0.15) is 232 Å². The fraction of sp³-hybridized carbons (Fsp3) is 0.774. The molecule has 9 nitrogen and oxygen atoms in total. The number of hydrogen-bond acceptors (Lipinski definition) is 8. The summed E-state index contributed by atoms with van der Waals surface area (Å²) in [5, 5.41) is 0. The molecule has 0 aliphatic carbocycles. The van der Waals surface area contributed by atoms with Gasteiger partial charge in [-0.25, -0.2) is 4.57 Å². The fourth-order valence-electron chi connectivity index (χ4n) is 7.18. The first-order valence-corrected chi connectivity index (χ1v) is 27.3. The molecule has 0 amide bonds. The fourth-order valence-corrected chi connectivity index (χ4v) is 7.95. The molecule has 10 heteroatoms. The van der Waals surface area contributed by atoms with Crippen LogP contribution in [0.3, 0.4) is 0 Å². The zero-order chi connectivity index (χ0) is 46.0. The Labute approximate surface area is 387 Å². The van der Waals surface area contributed by atoms with Crippen molar-refractivity contribution in [1.82, 2.24) is 0 Å². The number of esters is 2. The molecule has 0 aromatic heterocycles. The second-order valence-corrected chi connectivity index (χ2v) is 18.5. The number of ether oxygens (including phenoxy) is 2. The minimum Gasteiger partial charge on any atom is -0.462 e. The number of allylic oxidation sites excluding steroid dienone is 9. The first-order chi connectivity index (χ1) is 30.8. The van der Waals surface area contributed by atoms with Crippen molar-refractivity contribution in [3.8, 4) is 0 Å². The Morgan fingerprint density at radius 1 is 0.492 bits per heavy atom. The first kappa shape index (κ1) is 60.7. The molecule has 2 atom stereocenters. The van der Waals surface area contributed by atoms with Crippen LogP contribution < -0.4 is 5.73 Å². The van der Waals surface area contributed by atoms with Crippen LogP contribution in [0.25, 0.3) is 0 Å². The average Bonchev–Trinajstić information content (AvgIpc) is 3.27. The van der Waals surface area contributed by atoms with E-state index < -0.39 is 32.5 Å². The van der Waals surface area contributed by atoms with Gasteiger partial charge in [-0.3, -0.25) is 18.6 Å². The molecule has 366 valence electrons. The molecule has 0 radical (unpaired) electrons. The Morgan fingerprint density at radius 3 is 1.24 bits per heavy atom. The number of unbranched alkanes of at least 4 members (excludes halogenated alkanes) is 26. The van der Waals surface area contributed by atoms with E-state index in [0.29, 0.717) is 6.42 Å². The molecule has 0 aliphatic heterocycles. The molecule has 63 heavy (non-hydrogen) atoms. The minimum atomic E-state index is -4.41. The van der Waals surface area contributed by atoms with E-state index in [-0.39, 0.29) is 32.6 Å². The van der Waals surface area contributed by atoms with E-state index in [2.05, 4.69) is 56.4 Å². The van der Waals surface area contributed by atoms with Crippen LogP contribution in [0, 0.1) is 0 Å². The molecule has 0 saturated carbocycles. The lowest BCUT2D eigenvalue weighted by atomic mass is 10.0. The van der Waals surface area contributed by atoms with Gasteiger partial charge in [0.1, 0.15) is 6.61 Å². The van der Waals surface area contributed by atoms with Crippen LogP contribution in [0.5, 0.6) is 0 Å². The van der Waals surface area contributed by atoms with Gasteiger partial charge in [-0.15, -0.1) is 0 Å². The Hall–Kier alpha value is -2.29. The van der Waals surface area contributed by atoms with Gasteiger partial charge in [0, 0.05) is 13.0 Å². The lowest BCUT2D eigenvalue weighted by molar-refractivity contribution is -0.160. The van der Waals surface area contributed by atoms with Gasteiger partial charge in [-0.1, -0.05) is 242 Å². The van der Waals surface area contributed by atoms with Crippen molar-refractivity contribution in [2.75, 3.05) is 26.4 Å². The summed E-state index contributed by atoms with van der Waals surface area (Å²) >= 11 is 0. The predicted octanol–water partition coefficient (Wildman–Crippen LogP) is 15.6. The van der Waals surface area contributed by atoms with Crippen molar-refractivity contribution in [3.05, 3.63) is 60.8 Å². The summed E-state index contributed by atoms with van der Waals surface area (Å²) in [7, 11) is -4.41. The largest absolute Gasteiger partial charge is 0.472 e. The third-order valence-corrected chi connectivity index (χ3v) is 11.9. The maximum absolute atomic E-state index is 12.5. The highest BCUT2D eigenvalue weighted by Crippen LogP contribution is 2.43. The van der Waals surface area contributed by atoms with Gasteiger partial charge in [0.15, 0.2) is 6.10 Å². The zero-order valence-electron chi connectivity index (χ0n) is 40.6. The molecular formula is C53H96NO8P. The third-order valence-electron chi connectivity index (χ3n) is 11.0. The van der Waals surface area contributed by atoms with Crippen LogP contribution >= 0.6 is 7.82 Å². The number of carbonyl (C=O) groups excluding carboxylic acids is 2. The van der Waals surface area contributed by atoms with Crippen molar-refractivity contribution in [1.29, 1.82) is 0 Å². The topological polar surface area (TPSA) is 134 Å². The van der Waals surface area contributed by atoms with E-state index in [4.69, 9.17) is 24.3 Å². The number of phosphoric ester groups is 1. The maximum atomic E-state index is 12.5. The molecule has 2 unspecified atom stereocenters. The molecule has 3 N–H and O–H groups in total. The molecule has 0 aliphatic rings. The molecule has 0 aromatic rings. The number of phosphoric acid groups is 1. The third kappa shape index (κ3) is 49.0. The van der Waals surface area contributed by atoms with Gasteiger partial charge in [-0.2, -0.15) is 0 Å². The number of nitrogens with two attached hydrogens (primary N) is 1.